The van der Waals surface area contributed by atoms with Crippen LogP contribution in [0, 0.1) is 0 Å². The highest BCUT2D eigenvalue weighted by Gasteiger charge is 2.12. The quantitative estimate of drug-likeness (QED) is 0.840. The highest BCUT2D eigenvalue weighted by Crippen LogP contribution is 2.07. The fourth-order valence-corrected chi connectivity index (χ4v) is 1.58. The molecule has 0 heterocycles. The topological polar surface area (TPSA) is 40.5 Å². The zero-order valence-corrected chi connectivity index (χ0v) is 10.1. The summed E-state index contributed by atoms with van der Waals surface area (Å²) in [4.78, 5) is 13.4. The van der Waals surface area contributed by atoms with E-state index in [1.165, 1.54) is 10.5 Å². The molecule has 0 radical (unpaired) electrons. The molecule has 3 nitrogen and oxygen atoms in total. The number of carbonyl (C=O) groups is 1. The smallest absolute Gasteiger partial charge is 0.253 e. The molecule has 0 fully saturated rings. The van der Waals surface area contributed by atoms with Crippen molar-refractivity contribution in [2.45, 2.75) is 26.4 Å². The van der Waals surface area contributed by atoms with E-state index >= 15 is 0 Å². The van der Waals surface area contributed by atoms with Crippen LogP contribution in [0.4, 0.5) is 0 Å². The van der Waals surface area contributed by atoms with Crippen molar-refractivity contribution in [1.29, 1.82) is 0 Å². The van der Waals surface area contributed by atoms with Crippen molar-refractivity contribution in [2.24, 2.45) is 0 Å². The van der Waals surface area contributed by atoms with E-state index in [1.807, 2.05) is 24.3 Å². The van der Waals surface area contributed by atoms with Crippen molar-refractivity contribution in [2.75, 3.05) is 13.6 Å². The summed E-state index contributed by atoms with van der Waals surface area (Å²) in [6, 6.07) is 7.59. The standard InChI is InChI=1S/C13H19NO2/c1-4-11-5-7-12(8-6-11)13(16)14(3)9-10(2)15/h5-8,10,15H,4,9H2,1-3H3. The Kier molecular flexibility index (Phi) is 4.50. The van der Waals surface area contributed by atoms with Crippen LogP contribution in [-0.4, -0.2) is 35.6 Å². The molecule has 0 saturated carbocycles. The van der Waals surface area contributed by atoms with Crippen LogP contribution in [0.15, 0.2) is 24.3 Å². The molecule has 1 aromatic carbocycles. The van der Waals surface area contributed by atoms with Crippen LogP contribution in [-0.2, 0) is 6.42 Å². The highest BCUT2D eigenvalue weighted by molar-refractivity contribution is 5.94. The van der Waals surface area contributed by atoms with E-state index in [1.54, 1.807) is 14.0 Å². The normalized spacial score (nSPS) is 12.2. The lowest BCUT2D eigenvalue weighted by Gasteiger charge is -2.18. The number of aliphatic hydroxyl groups excluding tert-OH is 1. The Hall–Kier alpha value is -1.35. The van der Waals surface area contributed by atoms with Crippen molar-refractivity contribution >= 4 is 5.91 Å². The first-order valence-corrected chi connectivity index (χ1v) is 5.57. The Morgan fingerprint density at radius 3 is 2.38 bits per heavy atom. The summed E-state index contributed by atoms with van der Waals surface area (Å²) in [7, 11) is 1.70. The van der Waals surface area contributed by atoms with E-state index in [0.29, 0.717) is 12.1 Å². The van der Waals surface area contributed by atoms with E-state index in [0.717, 1.165) is 6.42 Å². The molecule has 1 atom stereocenters. The summed E-state index contributed by atoms with van der Waals surface area (Å²) in [5.74, 6) is -0.0523. The minimum absolute atomic E-state index is 0.0523. The average Bonchev–Trinajstić information content (AvgIpc) is 2.27. The molecule has 0 aromatic heterocycles. The second-order valence-corrected chi connectivity index (χ2v) is 4.09. The van der Waals surface area contributed by atoms with Crippen molar-refractivity contribution in [3.63, 3.8) is 0 Å². The van der Waals surface area contributed by atoms with Gasteiger partial charge in [-0.3, -0.25) is 4.79 Å². The molecule has 1 unspecified atom stereocenters. The van der Waals surface area contributed by atoms with Crippen molar-refractivity contribution in [3.8, 4) is 0 Å². The van der Waals surface area contributed by atoms with Crippen LogP contribution in [0.25, 0.3) is 0 Å². The molecule has 0 aliphatic rings. The first-order chi connectivity index (χ1) is 7.54. The number of nitrogens with zero attached hydrogens (tertiary/aromatic N) is 1. The first-order valence-electron chi connectivity index (χ1n) is 5.57. The van der Waals surface area contributed by atoms with E-state index in [4.69, 9.17) is 0 Å². The van der Waals surface area contributed by atoms with Gasteiger partial charge in [0.1, 0.15) is 0 Å². The predicted molar refractivity (Wildman–Crippen MR) is 64.5 cm³/mol. The SMILES string of the molecule is CCc1ccc(C(=O)N(C)CC(C)O)cc1. The number of carbonyl (C=O) groups excluding carboxylic acids is 1. The Labute approximate surface area is 96.7 Å². The van der Waals surface area contributed by atoms with Crippen LogP contribution in [0.5, 0.6) is 0 Å². The first kappa shape index (κ1) is 12.7. The molecule has 1 rings (SSSR count). The molecule has 3 heteroatoms. The van der Waals surface area contributed by atoms with Gasteiger partial charge in [-0.1, -0.05) is 19.1 Å². The minimum atomic E-state index is -0.496. The molecule has 0 aliphatic carbocycles. The van der Waals surface area contributed by atoms with Crippen LogP contribution < -0.4 is 0 Å². The van der Waals surface area contributed by atoms with E-state index in [2.05, 4.69) is 6.92 Å². The van der Waals surface area contributed by atoms with Crippen molar-refractivity contribution < 1.29 is 9.90 Å². The van der Waals surface area contributed by atoms with Gasteiger partial charge in [0.25, 0.3) is 5.91 Å². The summed E-state index contributed by atoms with van der Waals surface area (Å²) in [6.07, 6.45) is 0.474. The maximum absolute atomic E-state index is 11.9. The summed E-state index contributed by atoms with van der Waals surface area (Å²) in [5.41, 5.74) is 1.88. The molecule has 1 N–H and O–H groups in total. The van der Waals surface area contributed by atoms with Gasteiger partial charge in [0.2, 0.25) is 0 Å². The van der Waals surface area contributed by atoms with E-state index < -0.39 is 6.10 Å². The molecule has 0 saturated heterocycles. The summed E-state index contributed by atoms with van der Waals surface area (Å²) >= 11 is 0. The molecule has 1 amide bonds. The number of likely N-dealkylation sites (N-methyl/N-ethyl adjacent to an activating group) is 1. The second-order valence-electron chi connectivity index (χ2n) is 4.09. The van der Waals surface area contributed by atoms with Crippen LogP contribution >= 0.6 is 0 Å². The Bertz CT molecular complexity index is 343. The minimum Gasteiger partial charge on any atom is -0.392 e. The molecule has 88 valence electrons. The maximum atomic E-state index is 11.9. The maximum Gasteiger partial charge on any atom is 0.253 e. The van der Waals surface area contributed by atoms with E-state index in [9.17, 15) is 9.90 Å². The molecular weight excluding hydrogens is 202 g/mol. The lowest BCUT2D eigenvalue weighted by Crippen LogP contribution is -2.32. The zero-order chi connectivity index (χ0) is 12.1. The van der Waals surface area contributed by atoms with Gasteiger partial charge in [-0.05, 0) is 31.0 Å². The predicted octanol–water partition coefficient (Wildman–Crippen LogP) is 1.70. The van der Waals surface area contributed by atoms with Gasteiger partial charge < -0.3 is 10.0 Å². The van der Waals surface area contributed by atoms with Gasteiger partial charge in [0.05, 0.1) is 6.10 Å². The average molecular weight is 221 g/mol. The number of hydrogen-bond donors (Lipinski definition) is 1. The molecule has 0 spiro atoms. The van der Waals surface area contributed by atoms with Gasteiger partial charge >= 0.3 is 0 Å². The van der Waals surface area contributed by atoms with Crippen molar-refractivity contribution in [3.05, 3.63) is 35.4 Å². The number of amides is 1. The second kappa shape index (κ2) is 5.66. The third kappa shape index (κ3) is 3.35. The highest BCUT2D eigenvalue weighted by atomic mass is 16.3. The third-order valence-corrected chi connectivity index (χ3v) is 2.49. The Morgan fingerprint density at radius 2 is 1.94 bits per heavy atom. The number of hydrogen-bond acceptors (Lipinski definition) is 2. The van der Waals surface area contributed by atoms with Gasteiger partial charge in [-0.2, -0.15) is 0 Å². The monoisotopic (exact) mass is 221 g/mol. The zero-order valence-electron chi connectivity index (χ0n) is 10.1. The lowest BCUT2D eigenvalue weighted by molar-refractivity contribution is 0.0703. The summed E-state index contributed by atoms with van der Waals surface area (Å²) < 4.78 is 0. The van der Waals surface area contributed by atoms with Gasteiger partial charge in [0.15, 0.2) is 0 Å². The molecule has 16 heavy (non-hydrogen) atoms. The number of benzene rings is 1. The molecular formula is C13H19NO2. The Morgan fingerprint density at radius 1 is 1.38 bits per heavy atom. The van der Waals surface area contributed by atoms with Gasteiger partial charge in [-0.25, -0.2) is 0 Å². The van der Waals surface area contributed by atoms with Crippen LogP contribution in [0.1, 0.15) is 29.8 Å². The molecule has 0 aliphatic heterocycles. The number of rotatable bonds is 4. The largest absolute Gasteiger partial charge is 0.392 e. The van der Waals surface area contributed by atoms with Gasteiger partial charge in [0, 0.05) is 19.2 Å². The van der Waals surface area contributed by atoms with Gasteiger partial charge in [-0.15, -0.1) is 0 Å². The summed E-state index contributed by atoms with van der Waals surface area (Å²) in [5, 5.41) is 9.21. The lowest BCUT2D eigenvalue weighted by atomic mass is 10.1. The van der Waals surface area contributed by atoms with E-state index in [-0.39, 0.29) is 5.91 Å². The molecule has 1 aromatic rings. The number of aryl methyl sites for hydroxylation is 1. The molecule has 0 bridgehead atoms. The van der Waals surface area contributed by atoms with Crippen LogP contribution in [0.3, 0.4) is 0 Å². The summed E-state index contributed by atoms with van der Waals surface area (Å²) in [6.45, 7) is 4.11. The fraction of sp³-hybridized carbons (Fsp3) is 0.462. The fourth-order valence-electron chi connectivity index (χ4n) is 1.58. The number of aliphatic hydroxyl groups is 1. The third-order valence-electron chi connectivity index (χ3n) is 2.49. The van der Waals surface area contributed by atoms with Crippen LogP contribution in [0.2, 0.25) is 0 Å². The Balaban J connectivity index is 2.72. The van der Waals surface area contributed by atoms with Crippen molar-refractivity contribution in [1.82, 2.24) is 4.90 Å².